The van der Waals surface area contributed by atoms with Gasteiger partial charge in [0.25, 0.3) is 0 Å². The van der Waals surface area contributed by atoms with Gasteiger partial charge in [0.2, 0.25) is 5.69 Å². The molecule has 0 saturated carbocycles. The van der Waals surface area contributed by atoms with Crippen molar-refractivity contribution in [3.8, 4) is 85.1 Å². The van der Waals surface area contributed by atoms with E-state index < -0.39 is 11.2 Å². The number of hydrogen-bond donors (Lipinski definition) is 0. The normalized spacial score (nSPS) is 14.3. The summed E-state index contributed by atoms with van der Waals surface area (Å²) in [6.07, 6.45) is 0. The smallest absolute Gasteiger partial charge is 0.234 e. The quantitative estimate of drug-likeness (QED) is 0.154. The summed E-state index contributed by atoms with van der Waals surface area (Å²) in [6, 6.07) is 67.5. The van der Waals surface area contributed by atoms with Gasteiger partial charge in [0, 0.05) is 0 Å². The van der Waals surface area contributed by atoms with Gasteiger partial charge in [-0.15, -0.1) is 0 Å². The van der Waals surface area contributed by atoms with Gasteiger partial charge >= 0.3 is 0 Å². The van der Waals surface area contributed by atoms with Crippen LogP contribution in [0.4, 0.5) is 39.8 Å². The lowest BCUT2D eigenvalue weighted by atomic mass is 9.87. The Morgan fingerprint density at radius 2 is 0.714 bits per heavy atom. The minimum absolute atomic E-state index is 0.0878. The number of rotatable bonds is 6. The van der Waals surface area contributed by atoms with Gasteiger partial charge in [0.1, 0.15) is 22.6 Å². The molecule has 0 aliphatic carbocycles. The SMILES string of the molecule is [C-]#[N+]c1c(C#N)c(N2c3ccc(-c4ccccc4)cc3Oc3cc(-c4ccccc4)ccc32)c2c(c1N1c3ccc(-c4ccccc4)cc3Oc3cc(-c4ccccc4)ccc31)OC(C)(C)C(C)(C)O2. The molecule has 0 bridgehead atoms. The molecule has 0 fully saturated rings. The Hall–Kier alpha value is -9.24. The van der Waals surface area contributed by atoms with Crippen LogP contribution in [0.2, 0.25) is 0 Å². The standard InChI is InChI=1S/C62H44N4O4/c1-61(2)62(3,4)70-60-58(66-50-32-28-45(41-22-14-8-15-23-41)36-54(50)68-55-37-46(29-33-51(55)66)42-24-16-9-17-25-42)56(64-5)47(38-63)57(59(60)69-61)65-48-30-26-43(39-18-10-6-11-19-39)34-52(48)67-53-35-44(27-31-49(53)65)40-20-12-7-13-21-40/h6-37H,1-4H3. The molecule has 8 nitrogen and oxygen atoms in total. The number of ether oxygens (including phenoxy) is 4. The third kappa shape index (κ3) is 6.80. The van der Waals surface area contributed by atoms with Crippen molar-refractivity contribution in [3.05, 3.63) is 211 Å². The van der Waals surface area contributed by atoms with Crippen LogP contribution in [0, 0.1) is 17.9 Å². The molecule has 9 aromatic rings. The van der Waals surface area contributed by atoms with E-state index in [1.54, 1.807) is 0 Å². The van der Waals surface area contributed by atoms with Crippen molar-refractivity contribution in [2.45, 2.75) is 38.9 Å². The van der Waals surface area contributed by atoms with Crippen LogP contribution in [0.15, 0.2) is 194 Å². The highest BCUT2D eigenvalue weighted by atomic mass is 16.6. The maximum Gasteiger partial charge on any atom is 0.234 e. The third-order valence-corrected chi connectivity index (χ3v) is 13.8. The van der Waals surface area contributed by atoms with Gasteiger partial charge in [0.15, 0.2) is 34.5 Å². The molecule has 9 aromatic carbocycles. The summed E-state index contributed by atoms with van der Waals surface area (Å²) < 4.78 is 28.4. The van der Waals surface area contributed by atoms with E-state index in [2.05, 4.69) is 83.7 Å². The molecule has 0 saturated heterocycles. The number of fused-ring (bicyclic) bond motifs is 5. The lowest BCUT2D eigenvalue weighted by Crippen LogP contribution is -2.56. The van der Waals surface area contributed by atoms with E-state index in [0.29, 0.717) is 68.6 Å². The minimum atomic E-state index is -0.930. The number of benzene rings is 9. The van der Waals surface area contributed by atoms with E-state index in [1.165, 1.54) is 0 Å². The molecule has 336 valence electrons. The first-order chi connectivity index (χ1) is 34.1. The van der Waals surface area contributed by atoms with Crippen LogP contribution in [0.3, 0.4) is 0 Å². The number of anilines is 6. The second-order valence-corrected chi connectivity index (χ2v) is 18.6. The summed E-state index contributed by atoms with van der Waals surface area (Å²) in [5, 5.41) is 11.7. The van der Waals surface area contributed by atoms with Crippen molar-refractivity contribution in [2.75, 3.05) is 9.80 Å². The summed E-state index contributed by atoms with van der Waals surface area (Å²) in [4.78, 5) is 8.32. The largest absolute Gasteiger partial charge is 0.479 e. The summed E-state index contributed by atoms with van der Waals surface area (Å²) >= 11 is 0. The summed E-state index contributed by atoms with van der Waals surface area (Å²) in [5.74, 6) is 2.92. The zero-order valence-electron chi connectivity index (χ0n) is 38.9. The first kappa shape index (κ1) is 42.1. The van der Waals surface area contributed by atoms with Crippen LogP contribution in [-0.4, -0.2) is 11.2 Å². The molecule has 3 aliphatic heterocycles. The average molecular weight is 909 g/mol. The Morgan fingerprint density at radius 1 is 0.414 bits per heavy atom. The van der Waals surface area contributed by atoms with Crippen LogP contribution < -0.4 is 28.7 Å². The maximum atomic E-state index is 11.7. The molecule has 3 aliphatic rings. The molecule has 12 rings (SSSR count). The highest BCUT2D eigenvalue weighted by Crippen LogP contribution is 2.66. The van der Waals surface area contributed by atoms with Crippen molar-refractivity contribution < 1.29 is 18.9 Å². The molecule has 0 radical (unpaired) electrons. The van der Waals surface area contributed by atoms with Crippen LogP contribution in [0.5, 0.6) is 34.5 Å². The van der Waals surface area contributed by atoms with Gasteiger partial charge < -0.3 is 23.8 Å². The van der Waals surface area contributed by atoms with Crippen molar-refractivity contribution in [1.82, 2.24) is 0 Å². The average Bonchev–Trinajstić information content (AvgIpc) is 3.39. The second kappa shape index (κ2) is 16.2. The summed E-state index contributed by atoms with van der Waals surface area (Å²) in [6.45, 7) is 17.1. The van der Waals surface area contributed by atoms with Crippen LogP contribution in [-0.2, 0) is 0 Å². The molecule has 0 amide bonds. The van der Waals surface area contributed by atoms with Crippen LogP contribution in [0.25, 0.3) is 49.4 Å². The summed E-state index contributed by atoms with van der Waals surface area (Å²) in [7, 11) is 0. The zero-order valence-corrected chi connectivity index (χ0v) is 38.9. The highest BCUT2D eigenvalue weighted by molar-refractivity contribution is 6.05. The monoisotopic (exact) mass is 908 g/mol. The molecule has 8 heteroatoms. The predicted octanol–water partition coefficient (Wildman–Crippen LogP) is 17.3. The molecule has 0 spiro atoms. The molecule has 0 atom stereocenters. The number of nitriles is 1. The molecule has 70 heavy (non-hydrogen) atoms. The van der Waals surface area contributed by atoms with E-state index in [-0.39, 0.29) is 11.3 Å². The Balaban J connectivity index is 1.14. The van der Waals surface area contributed by atoms with E-state index >= 15 is 0 Å². The first-order valence-corrected chi connectivity index (χ1v) is 23.2. The first-order valence-electron chi connectivity index (χ1n) is 23.2. The molecule has 0 unspecified atom stereocenters. The Bertz CT molecular complexity index is 3220. The molecule has 0 aromatic heterocycles. The van der Waals surface area contributed by atoms with Gasteiger partial charge in [-0.2, -0.15) is 5.26 Å². The van der Waals surface area contributed by atoms with Crippen molar-refractivity contribution >= 4 is 39.8 Å². The van der Waals surface area contributed by atoms with Gasteiger partial charge in [-0.3, -0.25) is 4.90 Å². The summed E-state index contributed by atoms with van der Waals surface area (Å²) in [5.41, 5.74) is 9.67. The fourth-order valence-corrected chi connectivity index (χ4v) is 9.59. The lowest BCUT2D eigenvalue weighted by molar-refractivity contribution is -0.0981. The van der Waals surface area contributed by atoms with Gasteiger partial charge in [0.05, 0.1) is 41.0 Å². The maximum absolute atomic E-state index is 11.7. The molecular formula is C62H44N4O4. The van der Waals surface area contributed by atoms with Crippen molar-refractivity contribution in [3.63, 3.8) is 0 Å². The third-order valence-electron chi connectivity index (χ3n) is 13.8. The minimum Gasteiger partial charge on any atom is -0.479 e. The Kier molecular flexibility index (Phi) is 9.77. The predicted molar refractivity (Wildman–Crippen MR) is 278 cm³/mol. The van der Waals surface area contributed by atoms with Crippen LogP contribution >= 0.6 is 0 Å². The fraction of sp³-hybridized carbons (Fsp3) is 0.0968. The van der Waals surface area contributed by atoms with Crippen molar-refractivity contribution in [1.29, 1.82) is 5.26 Å². The fourth-order valence-electron chi connectivity index (χ4n) is 9.59. The highest BCUT2D eigenvalue weighted by Gasteiger charge is 2.51. The number of hydrogen-bond acceptors (Lipinski definition) is 7. The number of nitrogens with zero attached hydrogens (tertiary/aromatic N) is 4. The van der Waals surface area contributed by atoms with Gasteiger partial charge in [-0.25, -0.2) is 4.85 Å². The van der Waals surface area contributed by atoms with Crippen LogP contribution in [0.1, 0.15) is 33.3 Å². The van der Waals surface area contributed by atoms with Gasteiger partial charge in [-0.05, 0) is 121 Å². The molecular weight excluding hydrogens is 865 g/mol. The zero-order chi connectivity index (χ0) is 47.7. The molecule has 3 heterocycles. The molecule has 0 N–H and O–H groups in total. The second-order valence-electron chi connectivity index (χ2n) is 18.6. The lowest BCUT2D eigenvalue weighted by Gasteiger charge is -2.49. The van der Waals surface area contributed by atoms with E-state index in [0.717, 1.165) is 44.5 Å². The van der Waals surface area contributed by atoms with E-state index in [1.807, 2.05) is 159 Å². The topological polar surface area (TPSA) is 71.6 Å². The van der Waals surface area contributed by atoms with Crippen molar-refractivity contribution in [2.24, 2.45) is 0 Å². The Morgan fingerprint density at radius 3 is 1.01 bits per heavy atom. The van der Waals surface area contributed by atoms with E-state index in [4.69, 9.17) is 25.5 Å². The van der Waals surface area contributed by atoms with Gasteiger partial charge in [-0.1, -0.05) is 146 Å². The van der Waals surface area contributed by atoms with E-state index in [9.17, 15) is 5.26 Å². The Labute approximate surface area is 407 Å².